The lowest BCUT2D eigenvalue weighted by Crippen LogP contribution is -2.38. The number of aromatic nitrogens is 1. The Morgan fingerprint density at radius 3 is 3.18 bits per heavy atom. The van der Waals surface area contributed by atoms with Crippen molar-refractivity contribution in [3.8, 4) is 0 Å². The molecular weight excluding hydrogens is 222 g/mol. The first-order chi connectivity index (χ1) is 8.16. The van der Waals surface area contributed by atoms with E-state index in [9.17, 15) is 9.59 Å². The van der Waals surface area contributed by atoms with E-state index in [1.807, 2.05) is 11.0 Å². The first-order valence-electron chi connectivity index (χ1n) is 5.37. The number of aliphatic carboxylic acids is 1. The molecule has 90 valence electrons. The van der Waals surface area contributed by atoms with E-state index < -0.39 is 5.97 Å². The molecule has 0 radical (unpaired) electrons. The van der Waals surface area contributed by atoms with Crippen molar-refractivity contribution in [3.63, 3.8) is 0 Å². The maximum absolute atomic E-state index is 11.4. The van der Waals surface area contributed by atoms with Gasteiger partial charge in [0, 0.05) is 19.2 Å². The topological polar surface area (TPSA) is 82.5 Å². The van der Waals surface area contributed by atoms with Crippen LogP contribution in [0, 0.1) is 0 Å². The van der Waals surface area contributed by atoms with Gasteiger partial charge in [0.05, 0.1) is 24.1 Å². The number of carbonyl (C=O) groups is 2. The van der Waals surface area contributed by atoms with Gasteiger partial charge in [0.25, 0.3) is 0 Å². The molecule has 0 spiro atoms. The Morgan fingerprint density at radius 2 is 2.41 bits per heavy atom. The van der Waals surface area contributed by atoms with Crippen LogP contribution in [0.1, 0.15) is 12.8 Å². The zero-order chi connectivity index (χ0) is 12.3. The Bertz CT molecular complexity index is 447. The van der Waals surface area contributed by atoms with Gasteiger partial charge >= 0.3 is 5.97 Å². The summed E-state index contributed by atoms with van der Waals surface area (Å²) < 4.78 is 0. The number of carbonyl (C=O) groups excluding carboxylic acids is 1. The average molecular weight is 235 g/mol. The van der Waals surface area contributed by atoms with Gasteiger partial charge in [-0.15, -0.1) is 0 Å². The summed E-state index contributed by atoms with van der Waals surface area (Å²) in [6, 6.07) is 1.82. The Labute approximate surface area is 98.3 Å². The summed E-state index contributed by atoms with van der Waals surface area (Å²) in [5, 5.41) is 11.3. The number of amides is 1. The van der Waals surface area contributed by atoms with Gasteiger partial charge < -0.3 is 15.3 Å². The molecule has 2 heterocycles. The van der Waals surface area contributed by atoms with Crippen molar-refractivity contribution in [2.24, 2.45) is 0 Å². The monoisotopic (exact) mass is 235 g/mol. The Morgan fingerprint density at radius 1 is 1.59 bits per heavy atom. The molecule has 1 amide bonds. The Hall–Kier alpha value is -2.11. The SMILES string of the molecule is O=C(O)CCCN1CC(=O)Nc2cnccc21. The predicted molar refractivity (Wildman–Crippen MR) is 61.9 cm³/mol. The summed E-state index contributed by atoms with van der Waals surface area (Å²) in [5.74, 6) is -0.915. The third-order valence-corrected chi connectivity index (χ3v) is 2.57. The molecule has 1 aromatic rings. The number of hydrogen-bond donors (Lipinski definition) is 2. The number of hydrogen-bond acceptors (Lipinski definition) is 4. The van der Waals surface area contributed by atoms with E-state index in [0.717, 1.165) is 5.69 Å². The quantitative estimate of drug-likeness (QED) is 0.802. The molecule has 0 unspecified atom stereocenters. The van der Waals surface area contributed by atoms with Gasteiger partial charge in [-0.3, -0.25) is 14.6 Å². The van der Waals surface area contributed by atoms with E-state index in [4.69, 9.17) is 5.11 Å². The zero-order valence-corrected chi connectivity index (χ0v) is 9.22. The molecule has 17 heavy (non-hydrogen) atoms. The Kier molecular flexibility index (Phi) is 3.22. The van der Waals surface area contributed by atoms with Gasteiger partial charge in [0.1, 0.15) is 0 Å². The van der Waals surface area contributed by atoms with Crippen molar-refractivity contribution in [3.05, 3.63) is 18.5 Å². The fourth-order valence-corrected chi connectivity index (χ4v) is 1.83. The van der Waals surface area contributed by atoms with E-state index in [-0.39, 0.29) is 18.9 Å². The van der Waals surface area contributed by atoms with Crippen LogP contribution in [-0.4, -0.2) is 35.1 Å². The summed E-state index contributed by atoms with van der Waals surface area (Å²) in [5.41, 5.74) is 1.57. The minimum absolute atomic E-state index is 0.0965. The van der Waals surface area contributed by atoms with Gasteiger partial charge in [0.15, 0.2) is 0 Å². The molecule has 6 heteroatoms. The lowest BCUT2D eigenvalue weighted by Gasteiger charge is -2.30. The van der Waals surface area contributed by atoms with E-state index in [1.54, 1.807) is 12.4 Å². The Balaban J connectivity index is 2.07. The highest BCUT2D eigenvalue weighted by Gasteiger charge is 2.21. The normalized spacial score (nSPS) is 14.1. The summed E-state index contributed by atoms with van der Waals surface area (Å²) in [7, 11) is 0. The fraction of sp³-hybridized carbons (Fsp3) is 0.364. The molecule has 0 fully saturated rings. The van der Waals surface area contributed by atoms with Gasteiger partial charge in [-0.25, -0.2) is 0 Å². The molecule has 0 aliphatic carbocycles. The van der Waals surface area contributed by atoms with E-state index in [2.05, 4.69) is 10.3 Å². The predicted octanol–water partition coefficient (Wildman–Crippen LogP) is 0.705. The highest BCUT2D eigenvalue weighted by molar-refractivity contribution is 6.00. The molecule has 6 nitrogen and oxygen atoms in total. The van der Waals surface area contributed by atoms with Crippen LogP contribution in [0.3, 0.4) is 0 Å². The third kappa shape index (κ3) is 2.72. The molecule has 1 aliphatic heterocycles. The van der Waals surface area contributed by atoms with Crippen LogP contribution in [0.2, 0.25) is 0 Å². The summed E-state index contributed by atoms with van der Waals surface area (Å²) >= 11 is 0. The standard InChI is InChI=1S/C11H13N3O3/c15-10-7-14(5-1-2-11(16)17)9-3-4-12-6-8(9)13-10/h3-4,6H,1-2,5,7H2,(H,13,15)(H,16,17). The summed E-state index contributed by atoms with van der Waals surface area (Å²) in [6.07, 6.45) is 3.88. The van der Waals surface area contributed by atoms with Crippen molar-refractivity contribution < 1.29 is 14.7 Å². The molecule has 0 saturated heterocycles. The van der Waals surface area contributed by atoms with Crippen molar-refractivity contribution >= 4 is 23.3 Å². The number of nitrogens with one attached hydrogen (secondary N) is 1. The average Bonchev–Trinajstić information content (AvgIpc) is 2.28. The van der Waals surface area contributed by atoms with E-state index >= 15 is 0 Å². The van der Waals surface area contributed by atoms with Crippen molar-refractivity contribution in [1.29, 1.82) is 0 Å². The maximum Gasteiger partial charge on any atom is 0.303 e. The third-order valence-electron chi connectivity index (χ3n) is 2.57. The minimum Gasteiger partial charge on any atom is -0.481 e. The number of fused-ring (bicyclic) bond motifs is 1. The zero-order valence-electron chi connectivity index (χ0n) is 9.22. The van der Waals surface area contributed by atoms with Gasteiger partial charge in [-0.05, 0) is 12.5 Å². The first-order valence-corrected chi connectivity index (χ1v) is 5.37. The molecule has 0 saturated carbocycles. The lowest BCUT2D eigenvalue weighted by atomic mass is 10.2. The van der Waals surface area contributed by atoms with E-state index in [1.165, 1.54) is 0 Å². The second kappa shape index (κ2) is 4.82. The largest absolute Gasteiger partial charge is 0.481 e. The highest BCUT2D eigenvalue weighted by atomic mass is 16.4. The van der Waals surface area contributed by atoms with Crippen LogP contribution in [-0.2, 0) is 9.59 Å². The number of pyridine rings is 1. The maximum atomic E-state index is 11.4. The second-order valence-corrected chi connectivity index (χ2v) is 3.86. The lowest BCUT2D eigenvalue weighted by molar-refractivity contribution is -0.137. The van der Waals surface area contributed by atoms with Crippen LogP contribution in [0.5, 0.6) is 0 Å². The van der Waals surface area contributed by atoms with Crippen molar-refractivity contribution in [2.45, 2.75) is 12.8 Å². The second-order valence-electron chi connectivity index (χ2n) is 3.86. The number of carboxylic acids is 1. The van der Waals surface area contributed by atoms with E-state index in [0.29, 0.717) is 18.7 Å². The van der Waals surface area contributed by atoms with Gasteiger partial charge in [-0.1, -0.05) is 0 Å². The number of anilines is 2. The smallest absolute Gasteiger partial charge is 0.303 e. The molecule has 1 aliphatic rings. The molecule has 0 aromatic carbocycles. The number of rotatable bonds is 4. The molecule has 2 N–H and O–H groups in total. The van der Waals surface area contributed by atoms with Crippen LogP contribution in [0.4, 0.5) is 11.4 Å². The number of carboxylic acid groups (broad SMARTS) is 1. The number of nitrogens with zero attached hydrogens (tertiary/aromatic N) is 2. The molecule has 2 rings (SSSR count). The summed E-state index contributed by atoms with van der Waals surface area (Å²) in [6.45, 7) is 0.813. The molecule has 0 atom stereocenters. The minimum atomic E-state index is -0.818. The first kappa shape index (κ1) is 11.4. The fourth-order valence-electron chi connectivity index (χ4n) is 1.83. The van der Waals surface area contributed by atoms with Crippen molar-refractivity contribution in [2.75, 3.05) is 23.3 Å². The highest BCUT2D eigenvalue weighted by Crippen LogP contribution is 2.27. The van der Waals surface area contributed by atoms with Crippen molar-refractivity contribution in [1.82, 2.24) is 4.98 Å². The van der Waals surface area contributed by atoms with Gasteiger partial charge in [0.2, 0.25) is 5.91 Å². The van der Waals surface area contributed by atoms with Crippen LogP contribution >= 0.6 is 0 Å². The molecule has 0 bridgehead atoms. The van der Waals surface area contributed by atoms with Gasteiger partial charge in [-0.2, -0.15) is 0 Å². The summed E-state index contributed by atoms with van der Waals surface area (Å²) in [4.78, 5) is 27.7. The molecular formula is C11H13N3O3. The van der Waals surface area contributed by atoms with Crippen LogP contribution in [0.25, 0.3) is 0 Å². The van der Waals surface area contributed by atoms with Crippen LogP contribution < -0.4 is 10.2 Å². The van der Waals surface area contributed by atoms with Crippen LogP contribution in [0.15, 0.2) is 18.5 Å². The molecule has 1 aromatic heterocycles.